The van der Waals surface area contributed by atoms with E-state index in [0.29, 0.717) is 24.3 Å². The van der Waals surface area contributed by atoms with Gasteiger partial charge in [0.25, 0.3) is 11.5 Å². The van der Waals surface area contributed by atoms with Gasteiger partial charge in [-0.3, -0.25) is 14.4 Å². The third-order valence-electron chi connectivity index (χ3n) is 4.33. The zero-order valence-electron chi connectivity index (χ0n) is 16.3. The van der Waals surface area contributed by atoms with Crippen molar-refractivity contribution in [2.45, 2.75) is 13.0 Å². The van der Waals surface area contributed by atoms with E-state index in [9.17, 15) is 14.4 Å². The predicted molar refractivity (Wildman–Crippen MR) is 111 cm³/mol. The van der Waals surface area contributed by atoms with E-state index in [1.807, 2.05) is 36.4 Å². The summed E-state index contributed by atoms with van der Waals surface area (Å²) in [6, 6.07) is 18.9. The lowest BCUT2D eigenvalue weighted by Gasteiger charge is -2.09. The van der Waals surface area contributed by atoms with Crippen molar-refractivity contribution in [3.8, 4) is 5.75 Å². The van der Waals surface area contributed by atoms with Gasteiger partial charge >= 0.3 is 0 Å². The van der Waals surface area contributed by atoms with Crippen molar-refractivity contribution in [1.29, 1.82) is 0 Å². The van der Waals surface area contributed by atoms with Crippen LogP contribution in [0.3, 0.4) is 0 Å². The number of nitrogens with zero attached hydrogens (tertiary/aromatic N) is 2. The number of carbonyl (C=O) groups excluding carboxylic acids is 2. The minimum Gasteiger partial charge on any atom is -0.492 e. The van der Waals surface area contributed by atoms with Gasteiger partial charge in [-0.2, -0.15) is 5.10 Å². The lowest BCUT2D eigenvalue weighted by atomic mass is 10.1. The fourth-order valence-electron chi connectivity index (χ4n) is 2.79. The molecule has 3 N–H and O–H groups in total. The molecule has 0 radical (unpaired) electrons. The largest absolute Gasteiger partial charge is 0.492 e. The summed E-state index contributed by atoms with van der Waals surface area (Å²) in [5.74, 6) is -0.192. The Morgan fingerprint density at radius 1 is 1.03 bits per heavy atom. The number of carbonyl (C=O) groups is 2. The van der Waals surface area contributed by atoms with Gasteiger partial charge in [-0.05, 0) is 42.3 Å². The van der Waals surface area contributed by atoms with Gasteiger partial charge in [-0.1, -0.05) is 30.3 Å². The lowest BCUT2D eigenvalue weighted by molar-refractivity contribution is 0.0944. The Hall–Kier alpha value is -3.94. The molecule has 0 saturated heterocycles. The van der Waals surface area contributed by atoms with E-state index >= 15 is 0 Å². The molecule has 30 heavy (non-hydrogen) atoms. The second-order valence-corrected chi connectivity index (χ2v) is 6.51. The Morgan fingerprint density at radius 2 is 1.83 bits per heavy atom. The van der Waals surface area contributed by atoms with Gasteiger partial charge in [0.2, 0.25) is 5.91 Å². The Labute approximate surface area is 173 Å². The molecule has 3 rings (SSSR count). The molecule has 1 aromatic heterocycles. The van der Waals surface area contributed by atoms with Gasteiger partial charge in [-0.25, -0.2) is 4.68 Å². The van der Waals surface area contributed by atoms with Crippen LogP contribution in [0.1, 0.15) is 26.4 Å². The van der Waals surface area contributed by atoms with Gasteiger partial charge in [-0.15, -0.1) is 0 Å². The number of hydrogen-bond donors (Lipinski definition) is 2. The Bertz CT molecular complexity index is 1080. The first-order valence-electron chi connectivity index (χ1n) is 9.46. The molecule has 0 aliphatic heterocycles. The standard InChI is InChI=1S/C22H22N4O4/c23-21(28)17-6-4-5-16(15-17)11-12-24-22(29)19-9-10-20(27)26(25-19)13-14-30-18-7-2-1-3-8-18/h1-10,15H,11-14H2,(H2,23,28)(H,24,29). The minimum atomic E-state index is -0.497. The highest BCUT2D eigenvalue weighted by Crippen LogP contribution is 2.08. The topological polar surface area (TPSA) is 116 Å². The zero-order chi connectivity index (χ0) is 21.3. The highest BCUT2D eigenvalue weighted by Gasteiger charge is 2.10. The average molecular weight is 406 g/mol. The minimum absolute atomic E-state index is 0.139. The molecule has 0 spiro atoms. The first-order valence-corrected chi connectivity index (χ1v) is 9.46. The summed E-state index contributed by atoms with van der Waals surface area (Å²) in [5, 5.41) is 6.88. The molecule has 8 heteroatoms. The Kier molecular flexibility index (Phi) is 6.94. The van der Waals surface area contributed by atoms with Crippen LogP contribution in [-0.4, -0.2) is 34.7 Å². The summed E-state index contributed by atoms with van der Waals surface area (Å²) >= 11 is 0. The van der Waals surface area contributed by atoms with E-state index in [4.69, 9.17) is 10.5 Å². The average Bonchev–Trinajstić information content (AvgIpc) is 2.76. The molecule has 0 aliphatic rings. The molecule has 0 unspecified atom stereocenters. The maximum Gasteiger partial charge on any atom is 0.271 e. The quantitative estimate of drug-likeness (QED) is 0.557. The van der Waals surface area contributed by atoms with Crippen LogP contribution in [0.15, 0.2) is 71.5 Å². The number of aromatic nitrogens is 2. The van der Waals surface area contributed by atoms with Crippen LogP contribution in [0.25, 0.3) is 0 Å². The van der Waals surface area contributed by atoms with Crippen molar-refractivity contribution in [3.63, 3.8) is 0 Å². The fraction of sp³-hybridized carbons (Fsp3) is 0.182. The second-order valence-electron chi connectivity index (χ2n) is 6.51. The Balaban J connectivity index is 1.54. The summed E-state index contributed by atoms with van der Waals surface area (Å²) < 4.78 is 6.78. The van der Waals surface area contributed by atoms with Gasteiger partial charge in [0.15, 0.2) is 0 Å². The summed E-state index contributed by atoms with van der Waals surface area (Å²) in [7, 11) is 0. The highest BCUT2D eigenvalue weighted by atomic mass is 16.5. The van der Waals surface area contributed by atoms with Crippen LogP contribution < -0.4 is 21.3 Å². The second kappa shape index (κ2) is 10.0. The van der Waals surface area contributed by atoms with Crippen LogP contribution in [-0.2, 0) is 13.0 Å². The molecule has 0 aliphatic carbocycles. The van der Waals surface area contributed by atoms with Crippen LogP contribution in [0.2, 0.25) is 0 Å². The molecule has 8 nitrogen and oxygen atoms in total. The monoisotopic (exact) mass is 406 g/mol. The Morgan fingerprint density at radius 3 is 2.60 bits per heavy atom. The molecule has 2 amide bonds. The maximum absolute atomic E-state index is 12.4. The number of nitrogens with two attached hydrogens (primary N) is 1. The number of rotatable bonds is 9. The van der Waals surface area contributed by atoms with Gasteiger partial charge in [0, 0.05) is 18.2 Å². The van der Waals surface area contributed by atoms with Gasteiger partial charge in [0.1, 0.15) is 18.1 Å². The molecule has 1 heterocycles. The van der Waals surface area contributed by atoms with E-state index in [-0.39, 0.29) is 24.4 Å². The normalized spacial score (nSPS) is 10.4. The first-order chi connectivity index (χ1) is 14.5. The number of para-hydroxylation sites is 1. The van der Waals surface area contributed by atoms with Crippen LogP contribution in [0, 0.1) is 0 Å². The zero-order valence-corrected chi connectivity index (χ0v) is 16.3. The van der Waals surface area contributed by atoms with Gasteiger partial charge < -0.3 is 15.8 Å². The predicted octanol–water partition coefficient (Wildman–Crippen LogP) is 1.39. The lowest BCUT2D eigenvalue weighted by Crippen LogP contribution is -2.31. The summed E-state index contributed by atoms with van der Waals surface area (Å²) in [6.45, 7) is 0.811. The molecular weight excluding hydrogens is 384 g/mol. The van der Waals surface area contributed by atoms with Crippen molar-refractivity contribution in [2.75, 3.05) is 13.2 Å². The molecule has 3 aromatic rings. The molecule has 0 bridgehead atoms. The van der Waals surface area contributed by atoms with E-state index in [1.165, 1.54) is 16.8 Å². The smallest absolute Gasteiger partial charge is 0.271 e. The van der Waals surface area contributed by atoms with E-state index in [2.05, 4.69) is 10.4 Å². The maximum atomic E-state index is 12.4. The van der Waals surface area contributed by atoms with E-state index < -0.39 is 11.8 Å². The highest BCUT2D eigenvalue weighted by molar-refractivity contribution is 5.93. The van der Waals surface area contributed by atoms with Crippen LogP contribution >= 0.6 is 0 Å². The summed E-state index contributed by atoms with van der Waals surface area (Å²) in [6.07, 6.45) is 0.525. The number of hydrogen-bond acceptors (Lipinski definition) is 5. The fourth-order valence-corrected chi connectivity index (χ4v) is 2.79. The van der Waals surface area contributed by atoms with Crippen LogP contribution in [0.5, 0.6) is 5.75 Å². The molecular formula is C22H22N4O4. The van der Waals surface area contributed by atoms with Crippen LogP contribution in [0.4, 0.5) is 0 Å². The van der Waals surface area contributed by atoms with Crippen molar-refractivity contribution < 1.29 is 14.3 Å². The molecule has 2 aromatic carbocycles. The first kappa shape index (κ1) is 20.8. The number of ether oxygens (including phenoxy) is 1. The number of amides is 2. The number of primary amides is 1. The van der Waals surface area contributed by atoms with Crippen molar-refractivity contribution in [3.05, 3.63) is 93.9 Å². The number of nitrogens with one attached hydrogen (secondary N) is 1. The SMILES string of the molecule is NC(=O)c1cccc(CCNC(=O)c2ccc(=O)n(CCOc3ccccc3)n2)c1. The van der Waals surface area contributed by atoms with Crippen molar-refractivity contribution in [1.82, 2.24) is 15.1 Å². The van der Waals surface area contributed by atoms with E-state index in [0.717, 1.165) is 5.56 Å². The molecule has 0 fully saturated rings. The number of benzene rings is 2. The van der Waals surface area contributed by atoms with Crippen molar-refractivity contribution >= 4 is 11.8 Å². The molecule has 0 atom stereocenters. The van der Waals surface area contributed by atoms with Gasteiger partial charge in [0.05, 0.1) is 6.54 Å². The third-order valence-corrected chi connectivity index (χ3v) is 4.33. The van der Waals surface area contributed by atoms with Crippen molar-refractivity contribution in [2.24, 2.45) is 5.73 Å². The summed E-state index contributed by atoms with van der Waals surface area (Å²) in [4.78, 5) is 35.6. The third kappa shape index (κ3) is 5.78. The molecule has 0 saturated carbocycles. The molecule has 154 valence electrons. The summed E-state index contributed by atoms with van der Waals surface area (Å²) in [5.41, 5.74) is 6.40. The van der Waals surface area contributed by atoms with E-state index in [1.54, 1.807) is 18.2 Å².